The number of nitrogens with zero attached hydrogens (tertiary/aromatic N) is 2. The Kier molecular flexibility index (Phi) is 5.39. The summed E-state index contributed by atoms with van der Waals surface area (Å²) < 4.78 is 4.94. The number of hydrogen-bond donors (Lipinski definition) is 3. The monoisotopic (exact) mass is 371 g/mol. The number of nitrogens with one attached hydrogen (secondary N) is 1. The highest BCUT2D eigenvalue weighted by Crippen LogP contribution is 2.23. The second-order valence-corrected chi connectivity index (χ2v) is 6.41. The quantitative estimate of drug-likeness (QED) is 0.692. The van der Waals surface area contributed by atoms with Gasteiger partial charge in [0.25, 0.3) is 11.8 Å². The lowest BCUT2D eigenvalue weighted by molar-refractivity contribution is -0.120. The highest BCUT2D eigenvalue weighted by molar-refractivity contribution is 6.12. The predicted molar refractivity (Wildman–Crippen MR) is 98.0 cm³/mol. The van der Waals surface area contributed by atoms with Crippen molar-refractivity contribution in [1.29, 1.82) is 0 Å². The predicted octanol–water partition coefficient (Wildman–Crippen LogP) is 1.06. The van der Waals surface area contributed by atoms with E-state index in [1.807, 2.05) is 0 Å². The van der Waals surface area contributed by atoms with E-state index in [4.69, 9.17) is 16.0 Å². The number of rotatable bonds is 6. The summed E-state index contributed by atoms with van der Waals surface area (Å²) in [5, 5.41) is 6.39. The first kappa shape index (κ1) is 18.4. The minimum atomic E-state index is -0.902. The van der Waals surface area contributed by atoms with Crippen molar-refractivity contribution < 1.29 is 18.9 Å². The van der Waals surface area contributed by atoms with Gasteiger partial charge in [0, 0.05) is 11.7 Å². The SMILES string of the molecule is NC(=O)c1noc(C(=O)N(CC(=O)NC2CCCC2)c2ccccc2)c1N. The van der Waals surface area contributed by atoms with Crippen LogP contribution >= 0.6 is 0 Å². The molecule has 0 saturated heterocycles. The van der Waals surface area contributed by atoms with Crippen molar-refractivity contribution in [3.05, 3.63) is 41.8 Å². The van der Waals surface area contributed by atoms with Crippen LogP contribution in [0.3, 0.4) is 0 Å². The number of carbonyl (C=O) groups is 3. The largest absolute Gasteiger partial charge is 0.393 e. The van der Waals surface area contributed by atoms with Crippen LogP contribution < -0.4 is 21.7 Å². The molecule has 0 unspecified atom stereocenters. The van der Waals surface area contributed by atoms with E-state index in [0.29, 0.717) is 5.69 Å². The molecule has 1 saturated carbocycles. The molecule has 142 valence electrons. The number of nitrogens with two attached hydrogens (primary N) is 2. The molecule has 1 fully saturated rings. The number of anilines is 2. The average Bonchev–Trinajstić information content (AvgIpc) is 3.29. The Labute approximate surface area is 155 Å². The van der Waals surface area contributed by atoms with Gasteiger partial charge in [0.2, 0.25) is 11.7 Å². The van der Waals surface area contributed by atoms with Gasteiger partial charge in [-0.05, 0) is 25.0 Å². The summed E-state index contributed by atoms with van der Waals surface area (Å²) >= 11 is 0. The van der Waals surface area contributed by atoms with Gasteiger partial charge in [-0.15, -0.1) is 0 Å². The minimum absolute atomic E-state index is 0.127. The minimum Gasteiger partial charge on any atom is -0.393 e. The molecule has 0 spiro atoms. The van der Waals surface area contributed by atoms with Crippen molar-refractivity contribution in [1.82, 2.24) is 10.5 Å². The maximum Gasteiger partial charge on any atom is 0.299 e. The van der Waals surface area contributed by atoms with Gasteiger partial charge in [0.15, 0.2) is 5.69 Å². The summed E-state index contributed by atoms with van der Waals surface area (Å²) in [5.41, 5.74) is 10.9. The van der Waals surface area contributed by atoms with Gasteiger partial charge in [-0.25, -0.2) is 0 Å². The molecule has 0 atom stereocenters. The van der Waals surface area contributed by atoms with Crippen LogP contribution in [-0.4, -0.2) is 35.5 Å². The Morgan fingerprint density at radius 3 is 2.44 bits per heavy atom. The maximum atomic E-state index is 13.0. The Hall–Kier alpha value is -3.36. The number of primary amides is 1. The molecule has 0 bridgehead atoms. The number of hydrogen-bond acceptors (Lipinski definition) is 6. The average molecular weight is 371 g/mol. The molecular weight excluding hydrogens is 350 g/mol. The second-order valence-electron chi connectivity index (χ2n) is 6.41. The number of amides is 3. The van der Waals surface area contributed by atoms with E-state index in [1.54, 1.807) is 30.3 Å². The second kappa shape index (κ2) is 7.90. The van der Waals surface area contributed by atoms with E-state index in [1.165, 1.54) is 4.90 Å². The molecule has 0 aliphatic heterocycles. The third-order valence-electron chi connectivity index (χ3n) is 4.49. The molecule has 2 aromatic rings. The van der Waals surface area contributed by atoms with Gasteiger partial charge >= 0.3 is 0 Å². The van der Waals surface area contributed by atoms with Crippen molar-refractivity contribution >= 4 is 29.1 Å². The summed E-state index contributed by atoms with van der Waals surface area (Å²) in [6.45, 7) is -0.217. The summed E-state index contributed by atoms with van der Waals surface area (Å²) in [5.74, 6) is -2.20. The molecule has 1 aliphatic carbocycles. The lowest BCUT2D eigenvalue weighted by Gasteiger charge is -2.22. The van der Waals surface area contributed by atoms with Crippen molar-refractivity contribution in [2.75, 3.05) is 17.2 Å². The smallest absolute Gasteiger partial charge is 0.299 e. The summed E-state index contributed by atoms with van der Waals surface area (Å²) in [7, 11) is 0. The molecule has 9 nitrogen and oxygen atoms in total. The summed E-state index contributed by atoms with van der Waals surface area (Å²) in [6, 6.07) is 8.76. The fourth-order valence-electron chi connectivity index (χ4n) is 3.13. The molecule has 5 N–H and O–H groups in total. The lowest BCUT2D eigenvalue weighted by Crippen LogP contribution is -2.43. The van der Waals surface area contributed by atoms with Crippen LogP contribution in [0.1, 0.15) is 46.7 Å². The van der Waals surface area contributed by atoms with Gasteiger partial charge < -0.3 is 21.3 Å². The van der Waals surface area contributed by atoms with E-state index in [9.17, 15) is 14.4 Å². The van der Waals surface area contributed by atoms with E-state index in [-0.39, 0.29) is 35.6 Å². The van der Waals surface area contributed by atoms with Gasteiger partial charge in [-0.2, -0.15) is 0 Å². The van der Waals surface area contributed by atoms with Crippen molar-refractivity contribution in [3.8, 4) is 0 Å². The topological polar surface area (TPSA) is 145 Å². The molecule has 3 amide bonds. The fraction of sp³-hybridized carbons (Fsp3) is 0.333. The van der Waals surface area contributed by atoms with Crippen molar-refractivity contribution in [3.63, 3.8) is 0 Å². The van der Waals surface area contributed by atoms with Crippen molar-refractivity contribution in [2.24, 2.45) is 5.73 Å². The number of aromatic nitrogens is 1. The molecule has 1 heterocycles. The summed E-state index contributed by atoms with van der Waals surface area (Å²) in [6.07, 6.45) is 4.03. The maximum absolute atomic E-state index is 13.0. The van der Waals surface area contributed by atoms with Gasteiger partial charge in [-0.1, -0.05) is 36.2 Å². The number of benzene rings is 1. The van der Waals surface area contributed by atoms with Crippen molar-refractivity contribution in [2.45, 2.75) is 31.7 Å². The molecule has 3 rings (SSSR count). The van der Waals surface area contributed by atoms with Crippen LogP contribution in [0.5, 0.6) is 0 Å². The van der Waals surface area contributed by atoms with Gasteiger partial charge in [0.1, 0.15) is 12.2 Å². The normalized spacial score (nSPS) is 14.1. The summed E-state index contributed by atoms with van der Waals surface area (Å²) in [4.78, 5) is 37.9. The lowest BCUT2D eigenvalue weighted by atomic mass is 10.2. The molecule has 1 aromatic heterocycles. The van der Waals surface area contributed by atoms with E-state index >= 15 is 0 Å². The van der Waals surface area contributed by atoms with E-state index in [0.717, 1.165) is 25.7 Å². The molecule has 0 radical (unpaired) electrons. The third kappa shape index (κ3) is 4.08. The van der Waals surface area contributed by atoms with Crippen LogP contribution in [0.15, 0.2) is 34.9 Å². The first-order valence-corrected chi connectivity index (χ1v) is 8.68. The first-order valence-electron chi connectivity index (χ1n) is 8.68. The molecule has 1 aliphatic rings. The van der Waals surface area contributed by atoms with Gasteiger partial charge in [-0.3, -0.25) is 19.3 Å². The molecule has 9 heteroatoms. The molecule has 1 aromatic carbocycles. The highest BCUT2D eigenvalue weighted by atomic mass is 16.5. The molecule has 27 heavy (non-hydrogen) atoms. The zero-order valence-electron chi connectivity index (χ0n) is 14.7. The van der Waals surface area contributed by atoms with Gasteiger partial charge in [0.05, 0.1) is 0 Å². The van der Waals surface area contributed by atoms with Crippen LogP contribution in [0.4, 0.5) is 11.4 Å². The number of para-hydroxylation sites is 1. The number of carbonyl (C=O) groups excluding carboxylic acids is 3. The van der Waals surface area contributed by atoms with Crippen LogP contribution in [0.2, 0.25) is 0 Å². The Morgan fingerprint density at radius 1 is 1.19 bits per heavy atom. The first-order chi connectivity index (χ1) is 13.0. The standard InChI is InChI=1S/C18H21N5O4/c19-14-15(17(20)25)22-27-16(14)18(26)23(12-8-2-1-3-9-12)10-13(24)21-11-6-4-5-7-11/h1-3,8-9,11H,4-7,10,19H2,(H2,20,25)(H,21,24). The highest BCUT2D eigenvalue weighted by Gasteiger charge is 2.30. The molecular formula is C18H21N5O4. The number of nitrogen functional groups attached to an aromatic ring is 1. The fourth-order valence-corrected chi connectivity index (χ4v) is 3.13. The third-order valence-corrected chi connectivity index (χ3v) is 4.49. The zero-order valence-corrected chi connectivity index (χ0v) is 14.7. The van der Waals surface area contributed by atoms with Crippen LogP contribution in [0.25, 0.3) is 0 Å². The zero-order chi connectivity index (χ0) is 19.4. The van der Waals surface area contributed by atoms with E-state index in [2.05, 4.69) is 10.5 Å². The Morgan fingerprint density at radius 2 is 1.85 bits per heavy atom. The van der Waals surface area contributed by atoms with E-state index < -0.39 is 11.8 Å². The Balaban J connectivity index is 1.84. The van der Waals surface area contributed by atoms with Crippen LogP contribution in [-0.2, 0) is 4.79 Å². The van der Waals surface area contributed by atoms with Crippen LogP contribution in [0, 0.1) is 0 Å². The Bertz CT molecular complexity index is 843.